The maximum atomic E-state index is 11.6. The highest BCUT2D eigenvalue weighted by Gasteiger charge is 2.33. The van der Waals surface area contributed by atoms with E-state index in [0.29, 0.717) is 12.1 Å². The van der Waals surface area contributed by atoms with Crippen LogP contribution in [0.2, 0.25) is 0 Å². The maximum Gasteiger partial charge on any atom is 0.317 e. The summed E-state index contributed by atoms with van der Waals surface area (Å²) in [5, 5.41) is 6.34. The Hall–Kier alpha value is -0.770. The molecule has 80 valence electrons. The molecule has 2 rings (SSSR count). The molecule has 4 heteroatoms. The Labute approximate surface area is 85.0 Å². The highest BCUT2D eigenvalue weighted by Crippen LogP contribution is 2.17. The quantitative estimate of drug-likeness (QED) is 0.678. The van der Waals surface area contributed by atoms with Crippen LogP contribution in [-0.4, -0.2) is 42.6 Å². The van der Waals surface area contributed by atoms with E-state index < -0.39 is 0 Å². The van der Waals surface area contributed by atoms with Gasteiger partial charge in [-0.1, -0.05) is 6.92 Å². The molecule has 1 unspecified atom stereocenters. The molecule has 0 aromatic carbocycles. The minimum atomic E-state index is 0.142. The Bertz CT molecular complexity index is 213. The van der Waals surface area contributed by atoms with Crippen LogP contribution in [0.15, 0.2) is 0 Å². The van der Waals surface area contributed by atoms with Gasteiger partial charge < -0.3 is 15.5 Å². The Kier molecular flexibility index (Phi) is 2.91. The van der Waals surface area contributed by atoms with E-state index in [4.69, 9.17) is 0 Å². The Morgan fingerprint density at radius 1 is 1.43 bits per heavy atom. The third-order valence-corrected chi connectivity index (χ3v) is 3.25. The second-order valence-corrected chi connectivity index (χ2v) is 4.19. The molecule has 2 N–H and O–H groups in total. The van der Waals surface area contributed by atoms with Crippen LogP contribution >= 0.6 is 0 Å². The SMILES string of the molecule is CCC1CN(C2CCNCC2)C(=O)N1. The Morgan fingerprint density at radius 3 is 2.71 bits per heavy atom. The first-order chi connectivity index (χ1) is 6.81. The summed E-state index contributed by atoms with van der Waals surface area (Å²) in [6.45, 7) is 5.12. The van der Waals surface area contributed by atoms with Crippen molar-refractivity contribution in [2.24, 2.45) is 0 Å². The largest absolute Gasteiger partial charge is 0.333 e. The molecule has 0 aliphatic carbocycles. The zero-order chi connectivity index (χ0) is 9.97. The third-order valence-electron chi connectivity index (χ3n) is 3.25. The van der Waals surface area contributed by atoms with Crippen molar-refractivity contribution < 1.29 is 4.79 Å². The molecule has 0 aromatic heterocycles. The summed E-state index contributed by atoms with van der Waals surface area (Å²) in [5.74, 6) is 0. The lowest BCUT2D eigenvalue weighted by molar-refractivity contribution is 0.182. The first-order valence-electron chi connectivity index (χ1n) is 5.59. The molecular formula is C10H19N3O. The molecule has 1 atom stereocenters. The summed E-state index contributed by atoms with van der Waals surface area (Å²) < 4.78 is 0. The van der Waals surface area contributed by atoms with Crippen molar-refractivity contribution in [2.75, 3.05) is 19.6 Å². The van der Waals surface area contributed by atoms with Crippen molar-refractivity contribution in [2.45, 2.75) is 38.3 Å². The van der Waals surface area contributed by atoms with Gasteiger partial charge in [-0.05, 0) is 32.4 Å². The van der Waals surface area contributed by atoms with Crippen LogP contribution in [0.1, 0.15) is 26.2 Å². The molecule has 0 radical (unpaired) electrons. The number of amides is 2. The number of nitrogens with one attached hydrogen (secondary N) is 2. The summed E-state index contributed by atoms with van der Waals surface area (Å²) in [5.41, 5.74) is 0. The predicted octanol–water partition coefficient (Wildman–Crippen LogP) is 0.542. The number of hydrogen-bond donors (Lipinski definition) is 2. The Morgan fingerprint density at radius 2 is 2.14 bits per heavy atom. The number of carbonyl (C=O) groups excluding carboxylic acids is 1. The molecular weight excluding hydrogens is 178 g/mol. The van der Waals surface area contributed by atoms with Crippen LogP contribution in [0, 0.1) is 0 Å². The molecule has 14 heavy (non-hydrogen) atoms. The molecule has 0 aromatic rings. The highest BCUT2D eigenvalue weighted by atomic mass is 16.2. The maximum absolute atomic E-state index is 11.6. The molecule has 2 saturated heterocycles. The highest BCUT2D eigenvalue weighted by molar-refractivity contribution is 5.77. The van der Waals surface area contributed by atoms with Crippen molar-refractivity contribution in [3.63, 3.8) is 0 Å². The molecule has 2 heterocycles. The lowest BCUT2D eigenvalue weighted by Gasteiger charge is -2.30. The smallest absolute Gasteiger partial charge is 0.317 e. The number of rotatable bonds is 2. The summed E-state index contributed by atoms with van der Waals surface area (Å²) in [6.07, 6.45) is 3.24. The number of piperidine rings is 1. The fraction of sp³-hybridized carbons (Fsp3) is 0.900. The number of carbonyl (C=O) groups is 1. The minimum Gasteiger partial charge on any atom is -0.333 e. The van der Waals surface area contributed by atoms with Gasteiger partial charge in [-0.15, -0.1) is 0 Å². The fourth-order valence-electron chi connectivity index (χ4n) is 2.29. The van der Waals surface area contributed by atoms with E-state index >= 15 is 0 Å². The molecule has 2 aliphatic heterocycles. The van der Waals surface area contributed by atoms with Crippen molar-refractivity contribution in [3.8, 4) is 0 Å². The molecule has 2 amide bonds. The average molecular weight is 197 g/mol. The van der Waals surface area contributed by atoms with Gasteiger partial charge in [0.1, 0.15) is 0 Å². The molecule has 0 bridgehead atoms. The second-order valence-electron chi connectivity index (χ2n) is 4.19. The van der Waals surface area contributed by atoms with Gasteiger partial charge in [-0.25, -0.2) is 4.79 Å². The van der Waals surface area contributed by atoms with Gasteiger partial charge in [-0.2, -0.15) is 0 Å². The summed E-state index contributed by atoms with van der Waals surface area (Å²) in [7, 11) is 0. The van der Waals surface area contributed by atoms with Gasteiger partial charge >= 0.3 is 6.03 Å². The minimum absolute atomic E-state index is 0.142. The predicted molar refractivity (Wildman–Crippen MR) is 55.2 cm³/mol. The summed E-state index contributed by atoms with van der Waals surface area (Å²) >= 11 is 0. The number of urea groups is 1. The van der Waals surface area contributed by atoms with Crippen LogP contribution in [0.5, 0.6) is 0 Å². The van der Waals surface area contributed by atoms with Gasteiger partial charge in [0.15, 0.2) is 0 Å². The van der Waals surface area contributed by atoms with Crippen LogP contribution in [0.25, 0.3) is 0 Å². The van der Waals surface area contributed by atoms with Crippen molar-refractivity contribution >= 4 is 6.03 Å². The van der Waals surface area contributed by atoms with Crippen molar-refractivity contribution in [3.05, 3.63) is 0 Å². The van der Waals surface area contributed by atoms with E-state index in [1.54, 1.807) is 0 Å². The summed E-state index contributed by atoms with van der Waals surface area (Å²) in [4.78, 5) is 13.7. The van der Waals surface area contributed by atoms with E-state index in [1.165, 1.54) is 0 Å². The zero-order valence-corrected chi connectivity index (χ0v) is 8.75. The van der Waals surface area contributed by atoms with E-state index in [9.17, 15) is 4.79 Å². The van der Waals surface area contributed by atoms with Gasteiger partial charge in [-0.3, -0.25) is 0 Å². The molecule has 4 nitrogen and oxygen atoms in total. The van der Waals surface area contributed by atoms with Crippen molar-refractivity contribution in [1.29, 1.82) is 0 Å². The first-order valence-corrected chi connectivity index (χ1v) is 5.59. The van der Waals surface area contributed by atoms with E-state index in [1.807, 2.05) is 4.90 Å². The van der Waals surface area contributed by atoms with Gasteiger partial charge in [0.05, 0.1) is 0 Å². The topological polar surface area (TPSA) is 44.4 Å². The van der Waals surface area contributed by atoms with Gasteiger partial charge in [0.25, 0.3) is 0 Å². The van der Waals surface area contributed by atoms with E-state index in [0.717, 1.165) is 38.9 Å². The second kappa shape index (κ2) is 4.17. The lowest BCUT2D eigenvalue weighted by Crippen LogP contribution is -2.44. The Balaban J connectivity index is 1.93. The molecule has 2 fully saturated rings. The molecule has 2 aliphatic rings. The standard InChI is InChI=1S/C10H19N3O/c1-2-8-7-13(10(14)12-8)9-3-5-11-6-4-9/h8-9,11H,2-7H2,1H3,(H,12,14). The van der Waals surface area contributed by atoms with Crippen LogP contribution in [0.3, 0.4) is 0 Å². The monoisotopic (exact) mass is 197 g/mol. The van der Waals surface area contributed by atoms with E-state index in [2.05, 4.69) is 17.6 Å². The van der Waals surface area contributed by atoms with Gasteiger partial charge in [0, 0.05) is 18.6 Å². The van der Waals surface area contributed by atoms with Crippen LogP contribution in [0.4, 0.5) is 4.79 Å². The first kappa shape index (κ1) is 9.77. The molecule has 0 saturated carbocycles. The number of hydrogen-bond acceptors (Lipinski definition) is 2. The van der Waals surface area contributed by atoms with Crippen LogP contribution in [-0.2, 0) is 0 Å². The zero-order valence-electron chi connectivity index (χ0n) is 8.75. The van der Waals surface area contributed by atoms with Crippen molar-refractivity contribution in [1.82, 2.24) is 15.5 Å². The molecule has 0 spiro atoms. The van der Waals surface area contributed by atoms with Gasteiger partial charge in [0.2, 0.25) is 0 Å². The summed E-state index contributed by atoms with van der Waals surface area (Å²) in [6, 6.07) is 0.980. The number of nitrogens with zero attached hydrogens (tertiary/aromatic N) is 1. The lowest BCUT2D eigenvalue weighted by atomic mass is 10.1. The average Bonchev–Trinajstić information content (AvgIpc) is 2.61. The normalized spacial score (nSPS) is 29.4. The van der Waals surface area contributed by atoms with E-state index in [-0.39, 0.29) is 6.03 Å². The van der Waals surface area contributed by atoms with Crippen LogP contribution < -0.4 is 10.6 Å². The fourth-order valence-corrected chi connectivity index (χ4v) is 2.29. The third kappa shape index (κ3) is 1.85.